The van der Waals surface area contributed by atoms with E-state index in [9.17, 15) is 4.79 Å². The number of aromatic nitrogens is 2. The van der Waals surface area contributed by atoms with E-state index in [1.54, 1.807) is 6.20 Å². The van der Waals surface area contributed by atoms with Gasteiger partial charge < -0.3 is 4.90 Å². The fourth-order valence-corrected chi connectivity index (χ4v) is 3.57. The maximum atomic E-state index is 13.1. The van der Waals surface area contributed by atoms with Crippen LogP contribution in [0.1, 0.15) is 31.7 Å². The van der Waals surface area contributed by atoms with E-state index in [1.165, 1.54) is 12.0 Å². The summed E-state index contributed by atoms with van der Waals surface area (Å²) in [7, 11) is 0. The van der Waals surface area contributed by atoms with Gasteiger partial charge in [-0.15, -0.1) is 0 Å². The Bertz CT molecular complexity index is 641. The van der Waals surface area contributed by atoms with Crippen LogP contribution in [0.3, 0.4) is 0 Å². The molecule has 1 aliphatic rings. The Kier molecular flexibility index (Phi) is 6.23. The zero-order valence-corrected chi connectivity index (χ0v) is 15.1. The number of carbonyl (C=O) groups is 1. The highest BCUT2D eigenvalue weighted by molar-refractivity contribution is 5.82. The van der Waals surface area contributed by atoms with Gasteiger partial charge in [0, 0.05) is 32.0 Å². The molecule has 0 radical (unpaired) electrons. The Morgan fingerprint density at radius 1 is 1.24 bits per heavy atom. The predicted octanol–water partition coefficient (Wildman–Crippen LogP) is 2.79. The second-order valence-corrected chi connectivity index (χ2v) is 6.65. The minimum atomic E-state index is 0.00604. The second-order valence-electron chi connectivity index (χ2n) is 6.65. The Morgan fingerprint density at radius 2 is 2.08 bits per heavy atom. The molecule has 3 rings (SSSR count). The van der Waals surface area contributed by atoms with Crippen LogP contribution in [0.2, 0.25) is 0 Å². The monoisotopic (exact) mass is 340 g/mol. The van der Waals surface area contributed by atoms with Crippen LogP contribution in [0.5, 0.6) is 0 Å². The summed E-state index contributed by atoms with van der Waals surface area (Å²) < 4.78 is 1.89. The number of hydrogen-bond acceptors (Lipinski definition) is 3. The SMILES string of the molecule is CCN(CCn1cccn1)C(=O)C1CCCCN1Cc1ccccc1. The van der Waals surface area contributed by atoms with Crippen LogP contribution in [0.4, 0.5) is 0 Å². The molecule has 0 spiro atoms. The molecule has 25 heavy (non-hydrogen) atoms. The van der Waals surface area contributed by atoms with Crippen molar-refractivity contribution < 1.29 is 4.79 Å². The molecular formula is C20H28N4O. The lowest BCUT2D eigenvalue weighted by molar-refractivity contribution is -0.138. The van der Waals surface area contributed by atoms with Crippen molar-refractivity contribution in [2.75, 3.05) is 19.6 Å². The van der Waals surface area contributed by atoms with Crippen LogP contribution in [-0.2, 0) is 17.9 Å². The number of hydrogen-bond donors (Lipinski definition) is 0. The fourth-order valence-electron chi connectivity index (χ4n) is 3.57. The molecule has 0 saturated carbocycles. The van der Waals surface area contributed by atoms with E-state index in [-0.39, 0.29) is 11.9 Å². The average Bonchev–Trinajstić information content (AvgIpc) is 3.17. The largest absolute Gasteiger partial charge is 0.340 e. The first-order valence-electron chi connectivity index (χ1n) is 9.32. The maximum absolute atomic E-state index is 13.1. The summed E-state index contributed by atoms with van der Waals surface area (Å²) in [6, 6.07) is 12.4. The summed E-state index contributed by atoms with van der Waals surface area (Å²) >= 11 is 0. The topological polar surface area (TPSA) is 41.4 Å². The summed E-state index contributed by atoms with van der Waals surface area (Å²) in [5.41, 5.74) is 1.28. The third kappa shape index (κ3) is 4.69. The van der Waals surface area contributed by atoms with Gasteiger partial charge in [-0.05, 0) is 37.9 Å². The highest BCUT2D eigenvalue weighted by Crippen LogP contribution is 2.21. The molecule has 134 valence electrons. The molecule has 5 heteroatoms. The minimum Gasteiger partial charge on any atom is -0.340 e. The van der Waals surface area contributed by atoms with Crippen molar-refractivity contribution in [1.82, 2.24) is 19.6 Å². The molecule has 2 aromatic rings. The molecule has 1 aromatic heterocycles. The Morgan fingerprint density at radius 3 is 2.80 bits per heavy atom. The number of benzene rings is 1. The van der Waals surface area contributed by atoms with E-state index >= 15 is 0 Å². The predicted molar refractivity (Wildman–Crippen MR) is 99.0 cm³/mol. The molecule has 1 saturated heterocycles. The molecule has 5 nitrogen and oxygen atoms in total. The molecule has 1 aromatic carbocycles. The standard InChI is InChI=1S/C20H28N4O/c1-2-22(15-16-24-14-8-12-21-24)20(25)19-11-6-7-13-23(19)17-18-9-4-3-5-10-18/h3-5,8-10,12,14,19H,2,6-7,11,13,15-17H2,1H3. The van der Waals surface area contributed by atoms with E-state index in [4.69, 9.17) is 0 Å². The van der Waals surface area contributed by atoms with Crippen molar-refractivity contribution in [2.45, 2.75) is 45.3 Å². The van der Waals surface area contributed by atoms with E-state index < -0.39 is 0 Å². The van der Waals surface area contributed by atoms with Gasteiger partial charge in [-0.25, -0.2) is 0 Å². The molecule has 1 unspecified atom stereocenters. The van der Waals surface area contributed by atoms with Crippen molar-refractivity contribution in [3.63, 3.8) is 0 Å². The van der Waals surface area contributed by atoms with Crippen LogP contribution in [0.15, 0.2) is 48.8 Å². The van der Waals surface area contributed by atoms with Gasteiger partial charge in [0.15, 0.2) is 0 Å². The zero-order valence-electron chi connectivity index (χ0n) is 15.1. The summed E-state index contributed by atoms with van der Waals surface area (Å²) in [5, 5.41) is 4.23. The fraction of sp³-hybridized carbons (Fsp3) is 0.500. The summed E-state index contributed by atoms with van der Waals surface area (Å²) in [5.74, 6) is 0.269. The van der Waals surface area contributed by atoms with Gasteiger partial charge in [0.2, 0.25) is 5.91 Å². The van der Waals surface area contributed by atoms with Crippen LogP contribution in [-0.4, -0.2) is 51.2 Å². The number of rotatable bonds is 7. The van der Waals surface area contributed by atoms with E-state index in [2.05, 4.69) is 41.2 Å². The number of nitrogens with zero attached hydrogens (tertiary/aromatic N) is 4. The summed E-state index contributed by atoms with van der Waals surface area (Å²) in [4.78, 5) is 17.5. The number of carbonyl (C=O) groups excluding carboxylic acids is 1. The van der Waals surface area contributed by atoms with Crippen molar-refractivity contribution in [3.8, 4) is 0 Å². The smallest absolute Gasteiger partial charge is 0.239 e. The third-order valence-corrected chi connectivity index (χ3v) is 4.98. The molecule has 1 amide bonds. The van der Waals surface area contributed by atoms with Crippen LogP contribution in [0.25, 0.3) is 0 Å². The Labute approximate surface area is 150 Å². The van der Waals surface area contributed by atoms with E-state index in [0.29, 0.717) is 6.54 Å². The Balaban J connectivity index is 1.64. The van der Waals surface area contributed by atoms with Crippen LogP contribution in [0, 0.1) is 0 Å². The number of likely N-dealkylation sites (N-methyl/N-ethyl adjacent to an activating group) is 1. The van der Waals surface area contributed by atoms with Gasteiger partial charge in [0.1, 0.15) is 0 Å². The van der Waals surface area contributed by atoms with Crippen molar-refractivity contribution >= 4 is 5.91 Å². The normalized spacial score (nSPS) is 18.2. The first-order valence-corrected chi connectivity index (χ1v) is 9.32. The van der Waals surface area contributed by atoms with Crippen LogP contribution >= 0.6 is 0 Å². The molecule has 0 bridgehead atoms. The van der Waals surface area contributed by atoms with E-state index in [1.807, 2.05) is 27.9 Å². The maximum Gasteiger partial charge on any atom is 0.239 e. The van der Waals surface area contributed by atoms with Crippen molar-refractivity contribution in [2.24, 2.45) is 0 Å². The van der Waals surface area contributed by atoms with Crippen molar-refractivity contribution in [1.29, 1.82) is 0 Å². The molecule has 1 atom stereocenters. The lowest BCUT2D eigenvalue weighted by atomic mass is 9.99. The number of amides is 1. The molecular weight excluding hydrogens is 312 g/mol. The van der Waals surface area contributed by atoms with Gasteiger partial charge in [0.05, 0.1) is 12.6 Å². The molecule has 0 aliphatic carbocycles. The quantitative estimate of drug-likeness (QED) is 0.778. The van der Waals surface area contributed by atoms with Gasteiger partial charge in [-0.3, -0.25) is 14.4 Å². The minimum absolute atomic E-state index is 0.00604. The van der Waals surface area contributed by atoms with Gasteiger partial charge in [0.25, 0.3) is 0 Å². The summed E-state index contributed by atoms with van der Waals surface area (Å²) in [6.45, 7) is 6.13. The highest BCUT2D eigenvalue weighted by Gasteiger charge is 2.31. The summed E-state index contributed by atoms with van der Waals surface area (Å²) in [6.07, 6.45) is 7.00. The number of piperidine rings is 1. The first-order chi connectivity index (χ1) is 12.3. The lowest BCUT2D eigenvalue weighted by Crippen LogP contribution is -2.51. The van der Waals surface area contributed by atoms with Crippen LogP contribution < -0.4 is 0 Å². The lowest BCUT2D eigenvalue weighted by Gasteiger charge is -2.37. The van der Waals surface area contributed by atoms with Crippen molar-refractivity contribution in [3.05, 3.63) is 54.4 Å². The van der Waals surface area contributed by atoms with Gasteiger partial charge in [-0.2, -0.15) is 5.10 Å². The highest BCUT2D eigenvalue weighted by atomic mass is 16.2. The molecule has 2 heterocycles. The Hall–Kier alpha value is -2.14. The van der Waals surface area contributed by atoms with Gasteiger partial charge >= 0.3 is 0 Å². The molecule has 1 fully saturated rings. The third-order valence-electron chi connectivity index (χ3n) is 4.98. The zero-order chi connectivity index (χ0) is 17.5. The second kappa shape index (κ2) is 8.81. The number of likely N-dealkylation sites (tertiary alicyclic amines) is 1. The van der Waals surface area contributed by atoms with Gasteiger partial charge in [-0.1, -0.05) is 36.8 Å². The molecule has 1 aliphatic heterocycles. The molecule has 0 N–H and O–H groups in total. The first kappa shape index (κ1) is 17.7. The van der Waals surface area contributed by atoms with E-state index in [0.717, 1.165) is 39.0 Å². The average molecular weight is 340 g/mol.